The average Bonchev–Trinajstić information content (AvgIpc) is 2.72. The van der Waals surface area contributed by atoms with Gasteiger partial charge < -0.3 is 4.98 Å². The van der Waals surface area contributed by atoms with Crippen LogP contribution in [-0.4, -0.2) is 15.0 Å². The van der Waals surface area contributed by atoms with Gasteiger partial charge >= 0.3 is 0 Å². The molecule has 2 aromatic heterocycles. The summed E-state index contributed by atoms with van der Waals surface area (Å²) in [7, 11) is 0. The van der Waals surface area contributed by atoms with E-state index < -0.39 is 11.6 Å². The number of fused-ring (bicyclic) bond motifs is 1. The molecule has 2 heterocycles. The van der Waals surface area contributed by atoms with E-state index in [0.29, 0.717) is 27.4 Å². The molecule has 0 fully saturated rings. The van der Waals surface area contributed by atoms with Gasteiger partial charge in [0.15, 0.2) is 11.6 Å². The van der Waals surface area contributed by atoms with E-state index in [-0.39, 0.29) is 0 Å². The zero-order valence-corrected chi connectivity index (χ0v) is 9.67. The van der Waals surface area contributed by atoms with E-state index >= 15 is 0 Å². The third-order valence-corrected chi connectivity index (χ3v) is 2.79. The fraction of sp³-hybridized carbons (Fsp3) is 0. The van der Waals surface area contributed by atoms with Crippen molar-refractivity contribution in [2.75, 3.05) is 0 Å². The van der Waals surface area contributed by atoms with Crippen LogP contribution in [0.5, 0.6) is 0 Å². The second-order valence-corrected chi connectivity index (χ2v) is 4.14. The molecule has 0 saturated carbocycles. The van der Waals surface area contributed by atoms with Crippen LogP contribution in [0.15, 0.2) is 30.6 Å². The van der Waals surface area contributed by atoms with Gasteiger partial charge in [0.2, 0.25) is 0 Å². The smallest absolute Gasteiger partial charge is 0.159 e. The topological polar surface area (TPSA) is 41.6 Å². The number of benzene rings is 1. The van der Waals surface area contributed by atoms with E-state index in [0.717, 1.165) is 12.1 Å². The first-order valence-corrected chi connectivity index (χ1v) is 5.47. The number of nitrogens with zero attached hydrogens (tertiary/aromatic N) is 2. The van der Waals surface area contributed by atoms with Crippen molar-refractivity contribution in [3.63, 3.8) is 0 Å². The highest BCUT2D eigenvalue weighted by Gasteiger charge is 2.11. The third-order valence-electron chi connectivity index (χ3n) is 2.59. The van der Waals surface area contributed by atoms with Crippen LogP contribution in [0.25, 0.3) is 22.3 Å². The van der Waals surface area contributed by atoms with Crippen molar-refractivity contribution in [2.45, 2.75) is 0 Å². The molecule has 0 aliphatic heterocycles. The molecule has 0 saturated heterocycles. The van der Waals surface area contributed by atoms with Crippen molar-refractivity contribution in [2.24, 2.45) is 0 Å². The molecule has 3 rings (SSSR count). The number of aromatic nitrogens is 3. The Morgan fingerprint density at radius 1 is 1.06 bits per heavy atom. The van der Waals surface area contributed by atoms with Crippen LogP contribution < -0.4 is 0 Å². The molecule has 0 bridgehead atoms. The molecule has 0 amide bonds. The molecule has 0 unspecified atom stereocenters. The lowest BCUT2D eigenvalue weighted by atomic mass is 10.1. The zero-order chi connectivity index (χ0) is 12.7. The molecule has 1 aromatic carbocycles. The summed E-state index contributed by atoms with van der Waals surface area (Å²) < 4.78 is 26.1. The molecule has 1 N–H and O–H groups in total. The Labute approximate surface area is 105 Å². The molecule has 0 spiro atoms. The molecule has 0 aliphatic carbocycles. The van der Waals surface area contributed by atoms with E-state index in [2.05, 4.69) is 15.0 Å². The lowest BCUT2D eigenvalue weighted by Gasteiger charge is -2.02. The quantitative estimate of drug-likeness (QED) is 0.731. The fourth-order valence-corrected chi connectivity index (χ4v) is 1.98. The highest BCUT2D eigenvalue weighted by atomic mass is 35.5. The van der Waals surface area contributed by atoms with Gasteiger partial charge in [-0.25, -0.2) is 18.7 Å². The molecule has 6 heteroatoms. The van der Waals surface area contributed by atoms with Gasteiger partial charge in [-0.15, -0.1) is 0 Å². The predicted molar refractivity (Wildman–Crippen MR) is 64.3 cm³/mol. The van der Waals surface area contributed by atoms with Crippen molar-refractivity contribution in [1.82, 2.24) is 15.0 Å². The van der Waals surface area contributed by atoms with Crippen molar-refractivity contribution < 1.29 is 8.78 Å². The van der Waals surface area contributed by atoms with Gasteiger partial charge in [-0.1, -0.05) is 11.6 Å². The molecule has 0 radical (unpaired) electrons. The van der Waals surface area contributed by atoms with E-state index in [4.69, 9.17) is 11.6 Å². The lowest BCUT2D eigenvalue weighted by molar-refractivity contribution is 0.509. The number of aromatic amines is 1. The maximum Gasteiger partial charge on any atom is 0.159 e. The Bertz CT molecular complexity index is 739. The van der Waals surface area contributed by atoms with Crippen LogP contribution >= 0.6 is 11.6 Å². The minimum absolute atomic E-state index is 0.411. The second-order valence-electron chi connectivity index (χ2n) is 3.73. The minimum atomic E-state index is -0.916. The highest BCUT2D eigenvalue weighted by Crippen LogP contribution is 2.28. The van der Waals surface area contributed by atoms with Crippen LogP contribution in [-0.2, 0) is 0 Å². The van der Waals surface area contributed by atoms with E-state index in [1.807, 2.05) is 0 Å². The summed E-state index contributed by atoms with van der Waals surface area (Å²) in [6, 6.07) is 5.26. The van der Waals surface area contributed by atoms with Gasteiger partial charge in [-0.2, -0.15) is 0 Å². The first-order chi connectivity index (χ1) is 8.65. The number of hydrogen-bond acceptors (Lipinski definition) is 2. The van der Waals surface area contributed by atoms with Gasteiger partial charge in [0.05, 0.1) is 5.69 Å². The van der Waals surface area contributed by atoms with Crippen LogP contribution in [0.1, 0.15) is 0 Å². The summed E-state index contributed by atoms with van der Waals surface area (Å²) in [5, 5.41) is 1.07. The average molecular weight is 266 g/mol. The highest BCUT2D eigenvalue weighted by molar-refractivity contribution is 6.30. The summed E-state index contributed by atoms with van der Waals surface area (Å²) in [5.74, 6) is -1.81. The summed E-state index contributed by atoms with van der Waals surface area (Å²) in [4.78, 5) is 10.9. The fourth-order valence-electron chi connectivity index (χ4n) is 1.78. The van der Waals surface area contributed by atoms with E-state index in [1.54, 1.807) is 6.07 Å². The Morgan fingerprint density at radius 3 is 2.67 bits per heavy atom. The lowest BCUT2D eigenvalue weighted by Crippen LogP contribution is -1.90. The van der Waals surface area contributed by atoms with Crippen LogP contribution in [0.2, 0.25) is 5.15 Å². The Kier molecular flexibility index (Phi) is 2.48. The van der Waals surface area contributed by atoms with Gasteiger partial charge in [-0.3, -0.25) is 0 Å². The monoisotopic (exact) mass is 265 g/mol. The maximum absolute atomic E-state index is 13.2. The minimum Gasteiger partial charge on any atom is -0.330 e. The summed E-state index contributed by atoms with van der Waals surface area (Å²) in [6.07, 6.45) is 1.34. The predicted octanol–water partition coefficient (Wildman–Crippen LogP) is 3.56. The third kappa shape index (κ3) is 1.73. The Hall–Kier alpha value is -2.01. The second kappa shape index (κ2) is 4.03. The number of hydrogen-bond donors (Lipinski definition) is 1. The van der Waals surface area contributed by atoms with Crippen molar-refractivity contribution >= 4 is 22.6 Å². The molecule has 18 heavy (non-hydrogen) atoms. The van der Waals surface area contributed by atoms with Crippen molar-refractivity contribution in [3.8, 4) is 11.3 Å². The molecule has 90 valence electrons. The summed E-state index contributed by atoms with van der Waals surface area (Å²) >= 11 is 5.84. The summed E-state index contributed by atoms with van der Waals surface area (Å²) in [6.45, 7) is 0. The normalized spacial score (nSPS) is 11.1. The van der Waals surface area contributed by atoms with Gasteiger partial charge in [0, 0.05) is 10.9 Å². The zero-order valence-electron chi connectivity index (χ0n) is 8.92. The standard InChI is InChI=1S/C12H6ClF2N3/c13-10-4-7-11(16-5-17-12(7)18-10)6-1-2-8(14)9(15)3-6/h1-5H,(H,16,17,18). The Morgan fingerprint density at radius 2 is 1.89 bits per heavy atom. The van der Waals surface area contributed by atoms with Crippen molar-refractivity contribution in [3.05, 3.63) is 47.4 Å². The number of nitrogens with one attached hydrogen (secondary N) is 1. The first kappa shape index (κ1) is 11.1. The van der Waals surface area contributed by atoms with E-state index in [1.165, 1.54) is 12.4 Å². The van der Waals surface area contributed by atoms with Crippen LogP contribution in [0.4, 0.5) is 8.78 Å². The molecular formula is C12H6ClF2N3. The number of rotatable bonds is 1. The van der Waals surface area contributed by atoms with Gasteiger partial charge in [0.1, 0.15) is 17.1 Å². The van der Waals surface area contributed by atoms with Crippen LogP contribution in [0, 0.1) is 11.6 Å². The molecular weight excluding hydrogens is 260 g/mol. The van der Waals surface area contributed by atoms with Gasteiger partial charge in [-0.05, 0) is 24.3 Å². The molecule has 3 aromatic rings. The van der Waals surface area contributed by atoms with Crippen molar-refractivity contribution in [1.29, 1.82) is 0 Å². The Balaban J connectivity index is 2.27. The molecule has 0 atom stereocenters. The maximum atomic E-state index is 13.2. The van der Waals surface area contributed by atoms with Crippen LogP contribution in [0.3, 0.4) is 0 Å². The SMILES string of the molecule is Fc1ccc(-c2ncnc3[nH]c(Cl)cc23)cc1F. The number of H-pyrrole nitrogens is 1. The molecule has 0 aliphatic rings. The summed E-state index contributed by atoms with van der Waals surface area (Å²) in [5.41, 5.74) is 1.52. The largest absolute Gasteiger partial charge is 0.330 e. The first-order valence-electron chi connectivity index (χ1n) is 5.10. The van der Waals surface area contributed by atoms with Gasteiger partial charge in [0.25, 0.3) is 0 Å². The number of halogens is 3. The molecule has 3 nitrogen and oxygen atoms in total. The van der Waals surface area contributed by atoms with E-state index in [9.17, 15) is 8.78 Å².